The molecule has 0 fully saturated rings. The molecule has 4 aromatic rings. The third-order valence-corrected chi connectivity index (χ3v) is 15.4. The van der Waals surface area contributed by atoms with Gasteiger partial charge in [-0.1, -0.05) is 91.8 Å². The highest BCUT2D eigenvalue weighted by atomic mass is 28.3. The summed E-state index contributed by atoms with van der Waals surface area (Å²) in [4.78, 5) is 8.14. The van der Waals surface area contributed by atoms with Crippen molar-refractivity contribution in [2.75, 3.05) is 9.96 Å². The third-order valence-electron chi connectivity index (χ3n) is 10.2. The fourth-order valence-corrected chi connectivity index (χ4v) is 11.9. The minimum atomic E-state index is -2.30. The maximum absolute atomic E-state index is 7.44. The Morgan fingerprint density at radius 1 is 0.500 bits per heavy atom. The van der Waals surface area contributed by atoms with Crippen LogP contribution >= 0.6 is 0 Å². The first-order valence-corrected chi connectivity index (χ1v) is 23.7. The van der Waals surface area contributed by atoms with Gasteiger partial charge in [-0.2, -0.15) is 0 Å². The molecule has 1 aliphatic heterocycles. The normalized spacial score (nSPS) is 14.6. The zero-order chi connectivity index (χ0) is 35.8. The number of ether oxygens (including phenoxy) is 1. The van der Waals surface area contributed by atoms with E-state index in [1.54, 1.807) is 0 Å². The predicted molar refractivity (Wildman–Crippen MR) is 216 cm³/mol. The Hall–Kier alpha value is -3.29. The first-order chi connectivity index (χ1) is 21.9. The lowest BCUT2D eigenvalue weighted by atomic mass is 9.72. The van der Waals surface area contributed by atoms with Gasteiger partial charge in [-0.3, -0.25) is 0 Å². The minimum absolute atomic E-state index is 0.00622. The maximum Gasteiger partial charge on any atom is 0.183 e. The largest absolute Gasteiger partial charge is 0.457 e. The van der Waals surface area contributed by atoms with Crippen molar-refractivity contribution in [2.24, 2.45) is 0 Å². The molecule has 0 aliphatic carbocycles. The van der Waals surface area contributed by atoms with Gasteiger partial charge in [0.15, 0.2) is 16.5 Å². The number of fused-ring (bicyclic) bond motifs is 2. The minimum Gasteiger partial charge on any atom is -0.457 e. The average molecular weight is 677 g/mol. The van der Waals surface area contributed by atoms with Crippen LogP contribution in [0.5, 0.6) is 11.5 Å². The number of hydrogen-bond donors (Lipinski definition) is 2. The van der Waals surface area contributed by atoms with E-state index in [9.17, 15) is 0 Å². The van der Waals surface area contributed by atoms with Crippen LogP contribution in [0.15, 0.2) is 60.7 Å². The molecule has 0 saturated heterocycles. The monoisotopic (exact) mass is 676 g/mol. The highest BCUT2D eigenvalue weighted by Gasteiger charge is 2.44. The summed E-state index contributed by atoms with van der Waals surface area (Å²) in [5.41, 5.74) is 12.5. The molecular formula is C43H60N2OSi2. The summed E-state index contributed by atoms with van der Waals surface area (Å²) in [7, 11) is -4.59. The van der Waals surface area contributed by atoms with Gasteiger partial charge in [0, 0.05) is 38.3 Å². The van der Waals surface area contributed by atoms with E-state index in [0.717, 1.165) is 11.5 Å². The number of rotatable bonds is 6. The predicted octanol–water partition coefficient (Wildman–Crippen LogP) is 11.0. The lowest BCUT2D eigenvalue weighted by molar-refractivity contribution is 0.421. The van der Waals surface area contributed by atoms with Crippen LogP contribution < -0.4 is 25.1 Å². The molecule has 0 radical (unpaired) electrons. The Morgan fingerprint density at radius 3 is 1.10 bits per heavy atom. The van der Waals surface area contributed by atoms with E-state index in [-0.39, 0.29) is 16.2 Å². The van der Waals surface area contributed by atoms with Crippen LogP contribution in [0, 0.1) is 27.7 Å². The summed E-state index contributed by atoms with van der Waals surface area (Å²) in [5.74, 6) is 2.10. The number of nitrogens with one attached hydrogen (secondary N) is 2. The molecule has 0 spiro atoms. The Balaban J connectivity index is 1.77. The Morgan fingerprint density at radius 2 is 0.812 bits per heavy atom. The second kappa shape index (κ2) is 11.9. The molecule has 4 aromatic carbocycles. The SMILES string of the molecule is Cc1cc(C)cc(N[Si](C)(C)c2cc(C(C)(C)C)cc3c2Oc2c(cc(C(C)(C)C)cc2[Si](C)(C)Nc2cc(C)cc(C)c2)C3(C)C)c1. The summed E-state index contributed by atoms with van der Waals surface area (Å²) >= 11 is 0. The quantitative estimate of drug-likeness (QED) is 0.199. The van der Waals surface area contributed by atoms with Gasteiger partial charge in [-0.05, 0) is 122 Å². The van der Waals surface area contributed by atoms with E-state index >= 15 is 0 Å². The van der Waals surface area contributed by atoms with E-state index < -0.39 is 16.5 Å². The zero-order valence-corrected chi connectivity index (χ0v) is 34.7. The Labute approximate surface area is 294 Å². The van der Waals surface area contributed by atoms with Gasteiger partial charge < -0.3 is 14.7 Å². The summed E-state index contributed by atoms with van der Waals surface area (Å²) < 4.78 is 7.44. The second-order valence-electron chi connectivity index (χ2n) is 18.3. The summed E-state index contributed by atoms with van der Waals surface area (Å²) in [6.07, 6.45) is 0. The Kier molecular flexibility index (Phi) is 8.96. The van der Waals surface area contributed by atoms with Gasteiger partial charge in [0.2, 0.25) is 0 Å². The van der Waals surface area contributed by atoms with Gasteiger partial charge >= 0.3 is 0 Å². The van der Waals surface area contributed by atoms with Crippen LogP contribution in [-0.4, -0.2) is 16.5 Å². The lowest BCUT2D eigenvalue weighted by Gasteiger charge is -2.42. The first-order valence-electron chi connectivity index (χ1n) is 17.7. The number of aryl methyl sites for hydroxylation is 4. The van der Waals surface area contributed by atoms with E-state index in [2.05, 4.69) is 180 Å². The molecule has 1 aliphatic rings. The van der Waals surface area contributed by atoms with E-state index in [4.69, 9.17) is 4.74 Å². The molecule has 1 heterocycles. The zero-order valence-electron chi connectivity index (χ0n) is 32.7. The van der Waals surface area contributed by atoms with Gasteiger partial charge in [-0.25, -0.2) is 0 Å². The number of hydrogen-bond acceptors (Lipinski definition) is 3. The van der Waals surface area contributed by atoms with Gasteiger partial charge in [-0.15, -0.1) is 0 Å². The van der Waals surface area contributed by atoms with Gasteiger partial charge in [0.25, 0.3) is 0 Å². The van der Waals surface area contributed by atoms with E-state index in [1.165, 1.54) is 66.3 Å². The van der Waals surface area contributed by atoms with Crippen molar-refractivity contribution in [3.63, 3.8) is 0 Å². The number of benzene rings is 4. The Bertz CT molecular complexity index is 1710. The molecule has 0 saturated carbocycles. The van der Waals surface area contributed by atoms with Crippen molar-refractivity contribution in [3.05, 3.63) is 105 Å². The van der Waals surface area contributed by atoms with Crippen molar-refractivity contribution < 1.29 is 4.74 Å². The molecule has 0 atom stereocenters. The highest BCUT2D eigenvalue weighted by Crippen LogP contribution is 2.50. The smallest absolute Gasteiger partial charge is 0.183 e. The molecule has 0 amide bonds. The van der Waals surface area contributed by atoms with Crippen molar-refractivity contribution >= 4 is 38.2 Å². The van der Waals surface area contributed by atoms with Crippen LogP contribution in [0.2, 0.25) is 26.2 Å². The first kappa shape index (κ1) is 36.0. The maximum atomic E-state index is 7.44. The summed E-state index contributed by atoms with van der Waals surface area (Å²) in [6, 6.07) is 23.4. The van der Waals surface area contributed by atoms with Crippen LogP contribution in [0.4, 0.5) is 11.4 Å². The lowest BCUT2D eigenvalue weighted by Crippen LogP contribution is -2.53. The van der Waals surface area contributed by atoms with Gasteiger partial charge in [0.1, 0.15) is 11.5 Å². The van der Waals surface area contributed by atoms with E-state index in [0.29, 0.717) is 0 Å². The molecule has 3 nitrogen and oxygen atoms in total. The molecule has 5 rings (SSSR count). The van der Waals surface area contributed by atoms with Crippen LogP contribution in [0.25, 0.3) is 0 Å². The molecule has 48 heavy (non-hydrogen) atoms. The van der Waals surface area contributed by atoms with Crippen molar-refractivity contribution in [2.45, 2.75) is 126 Å². The molecule has 0 bridgehead atoms. The van der Waals surface area contributed by atoms with Gasteiger partial charge in [0.05, 0.1) is 0 Å². The molecule has 256 valence electrons. The third kappa shape index (κ3) is 7.04. The molecule has 5 heteroatoms. The van der Waals surface area contributed by atoms with Crippen LogP contribution in [0.1, 0.15) is 99.9 Å². The molecular weight excluding hydrogens is 617 g/mol. The highest BCUT2D eigenvalue weighted by molar-refractivity contribution is 6.93. The van der Waals surface area contributed by atoms with Crippen molar-refractivity contribution in [1.29, 1.82) is 0 Å². The molecule has 0 aromatic heterocycles. The summed E-state index contributed by atoms with van der Waals surface area (Å²) in [6.45, 7) is 37.3. The molecule has 2 N–H and O–H groups in total. The van der Waals surface area contributed by atoms with Crippen molar-refractivity contribution in [3.8, 4) is 11.5 Å². The molecule has 0 unspecified atom stereocenters. The number of anilines is 2. The fraction of sp³-hybridized carbons (Fsp3) is 0.442. The van der Waals surface area contributed by atoms with Crippen LogP contribution in [-0.2, 0) is 16.2 Å². The van der Waals surface area contributed by atoms with Crippen molar-refractivity contribution in [1.82, 2.24) is 0 Å². The second-order valence-corrected chi connectivity index (χ2v) is 26.4. The van der Waals surface area contributed by atoms with E-state index in [1.807, 2.05) is 0 Å². The summed E-state index contributed by atoms with van der Waals surface area (Å²) in [5, 5.41) is 2.66. The standard InChI is InChI=1S/C43H60N2OSi2/c1-27-17-28(2)20-33(19-27)44-47(13,14)37-25-31(41(5,6)7)23-35-39(37)46-40-36(43(35,11)12)24-32(42(8,9)10)26-38(40)48(15,16)45-34-21-29(3)18-30(4)22-34/h17-26,44-45H,1-16H3. The topological polar surface area (TPSA) is 33.3 Å². The van der Waals surface area contributed by atoms with Crippen LogP contribution in [0.3, 0.4) is 0 Å². The average Bonchev–Trinajstić information content (AvgIpc) is 2.89. The fourth-order valence-electron chi connectivity index (χ4n) is 7.40.